The van der Waals surface area contributed by atoms with Crippen LogP contribution in [0.3, 0.4) is 0 Å². The van der Waals surface area contributed by atoms with Gasteiger partial charge in [0.05, 0.1) is 0 Å². The van der Waals surface area contributed by atoms with Crippen LogP contribution in [0.25, 0.3) is 0 Å². The first-order chi connectivity index (χ1) is 8.72. The average molecular weight is 254 g/mol. The molecule has 0 aromatic carbocycles. The van der Waals surface area contributed by atoms with E-state index in [2.05, 4.69) is 13.8 Å². The molecule has 0 heterocycles. The van der Waals surface area contributed by atoms with Crippen molar-refractivity contribution in [2.45, 2.75) is 97.8 Å². The zero-order chi connectivity index (χ0) is 13.6. The molecule has 0 atom stereocenters. The van der Waals surface area contributed by atoms with Crippen LogP contribution < -0.4 is 0 Å². The molecule has 0 amide bonds. The average Bonchev–Trinajstić information content (AvgIpc) is 2.35. The number of unbranched alkanes of at least 4 members (excludes halogenated alkanes) is 8. The molecule has 0 aromatic heterocycles. The van der Waals surface area contributed by atoms with Gasteiger partial charge < -0.3 is 0 Å². The van der Waals surface area contributed by atoms with E-state index in [0.717, 1.165) is 12.8 Å². The summed E-state index contributed by atoms with van der Waals surface area (Å²) < 4.78 is 0. The summed E-state index contributed by atoms with van der Waals surface area (Å²) >= 11 is 0. The van der Waals surface area contributed by atoms with Gasteiger partial charge in [-0.3, -0.25) is 4.79 Å². The van der Waals surface area contributed by atoms with Crippen LogP contribution in [0.1, 0.15) is 97.8 Å². The first kappa shape index (κ1) is 17.7. The Morgan fingerprint density at radius 3 is 1.44 bits per heavy atom. The number of hydrogen-bond donors (Lipinski definition) is 0. The summed E-state index contributed by atoms with van der Waals surface area (Å²) in [6.45, 7) is 6.27. The van der Waals surface area contributed by atoms with Crippen LogP contribution in [0, 0.1) is 5.92 Å². The quantitative estimate of drug-likeness (QED) is 0.373. The lowest BCUT2D eigenvalue weighted by Gasteiger charge is -2.13. The van der Waals surface area contributed by atoms with Gasteiger partial charge in [-0.25, -0.2) is 0 Å². The van der Waals surface area contributed by atoms with E-state index in [-0.39, 0.29) is 0 Å². The fraction of sp³-hybridized carbons (Fsp3) is 0.941. The van der Waals surface area contributed by atoms with E-state index in [0.29, 0.717) is 11.7 Å². The monoisotopic (exact) mass is 254 g/mol. The van der Waals surface area contributed by atoms with Crippen LogP contribution in [0.5, 0.6) is 0 Å². The summed E-state index contributed by atoms with van der Waals surface area (Å²) in [5.41, 5.74) is 0. The summed E-state index contributed by atoms with van der Waals surface area (Å²) in [5.74, 6) is 0.772. The first-order valence-corrected chi connectivity index (χ1v) is 8.22. The van der Waals surface area contributed by atoms with Crippen LogP contribution >= 0.6 is 0 Å². The molecule has 0 saturated heterocycles. The van der Waals surface area contributed by atoms with Crippen molar-refractivity contribution in [2.75, 3.05) is 0 Å². The molecule has 0 aliphatic rings. The molecule has 0 fully saturated rings. The molecule has 0 unspecified atom stereocenters. The van der Waals surface area contributed by atoms with Gasteiger partial charge in [-0.15, -0.1) is 0 Å². The van der Waals surface area contributed by atoms with Gasteiger partial charge in [0, 0.05) is 5.92 Å². The summed E-state index contributed by atoms with van der Waals surface area (Å²) in [5, 5.41) is 0. The number of carbonyl (C=O) groups is 1. The molecule has 0 radical (unpaired) electrons. The zero-order valence-electron chi connectivity index (χ0n) is 13.0. The second-order valence-electron chi connectivity index (χ2n) is 5.71. The van der Waals surface area contributed by atoms with E-state index >= 15 is 0 Å². The van der Waals surface area contributed by atoms with E-state index in [1.54, 1.807) is 6.92 Å². The summed E-state index contributed by atoms with van der Waals surface area (Å²) in [6.07, 6.45) is 15.4. The van der Waals surface area contributed by atoms with Crippen molar-refractivity contribution in [3.8, 4) is 0 Å². The van der Waals surface area contributed by atoms with Gasteiger partial charge in [-0.2, -0.15) is 0 Å². The van der Waals surface area contributed by atoms with Crippen LogP contribution in [-0.4, -0.2) is 5.78 Å². The Bertz CT molecular complexity index is 172. The Kier molecular flexibility index (Phi) is 12.9. The third-order valence-electron chi connectivity index (χ3n) is 3.89. The third kappa shape index (κ3) is 10.8. The van der Waals surface area contributed by atoms with E-state index < -0.39 is 0 Å². The van der Waals surface area contributed by atoms with Gasteiger partial charge >= 0.3 is 0 Å². The molecular weight excluding hydrogens is 220 g/mol. The standard InChI is InChI=1S/C17H34O/c1-4-6-8-10-12-14-17(16(3)18)15-13-11-9-7-5-2/h17H,4-15H2,1-3H3. The van der Waals surface area contributed by atoms with Crippen molar-refractivity contribution < 1.29 is 4.79 Å². The lowest BCUT2D eigenvalue weighted by Crippen LogP contribution is -2.10. The fourth-order valence-corrected chi connectivity index (χ4v) is 2.54. The van der Waals surface area contributed by atoms with Crippen molar-refractivity contribution in [2.24, 2.45) is 5.92 Å². The van der Waals surface area contributed by atoms with E-state index in [1.807, 2.05) is 0 Å². The Morgan fingerprint density at radius 2 is 1.11 bits per heavy atom. The first-order valence-electron chi connectivity index (χ1n) is 8.22. The lowest BCUT2D eigenvalue weighted by atomic mass is 9.91. The topological polar surface area (TPSA) is 17.1 Å². The summed E-state index contributed by atoms with van der Waals surface area (Å²) in [4.78, 5) is 11.6. The number of hydrogen-bond acceptors (Lipinski definition) is 1. The Labute approximate surface area is 115 Å². The maximum Gasteiger partial charge on any atom is 0.132 e. The van der Waals surface area contributed by atoms with Gasteiger partial charge in [-0.1, -0.05) is 78.1 Å². The van der Waals surface area contributed by atoms with Crippen LogP contribution in [0.15, 0.2) is 0 Å². The predicted octanol–water partition coefficient (Wildman–Crippen LogP) is 5.91. The van der Waals surface area contributed by atoms with Gasteiger partial charge in [0.25, 0.3) is 0 Å². The third-order valence-corrected chi connectivity index (χ3v) is 3.89. The molecule has 0 aromatic rings. The van der Waals surface area contributed by atoms with E-state index in [9.17, 15) is 4.79 Å². The Balaban J connectivity index is 3.56. The highest BCUT2D eigenvalue weighted by molar-refractivity contribution is 5.78. The summed E-state index contributed by atoms with van der Waals surface area (Å²) in [6, 6.07) is 0. The van der Waals surface area contributed by atoms with Gasteiger partial charge in [0.15, 0.2) is 0 Å². The minimum atomic E-state index is 0.355. The molecule has 1 heteroatoms. The lowest BCUT2D eigenvalue weighted by molar-refractivity contribution is -0.121. The molecule has 0 aliphatic carbocycles. The second-order valence-corrected chi connectivity index (χ2v) is 5.71. The molecule has 0 saturated carbocycles. The zero-order valence-corrected chi connectivity index (χ0v) is 13.0. The number of Topliss-reactive ketones (excluding diaryl/α,β-unsaturated/α-hetero) is 1. The Hall–Kier alpha value is -0.330. The maximum atomic E-state index is 11.6. The second kappa shape index (κ2) is 13.1. The molecule has 108 valence electrons. The minimum Gasteiger partial charge on any atom is -0.300 e. The van der Waals surface area contributed by atoms with Crippen molar-refractivity contribution >= 4 is 5.78 Å². The van der Waals surface area contributed by atoms with Crippen LogP contribution in [0.2, 0.25) is 0 Å². The van der Waals surface area contributed by atoms with E-state index in [1.165, 1.54) is 64.2 Å². The van der Waals surface area contributed by atoms with Crippen molar-refractivity contribution in [1.82, 2.24) is 0 Å². The molecule has 0 spiro atoms. The predicted molar refractivity (Wildman–Crippen MR) is 80.9 cm³/mol. The molecule has 0 N–H and O–H groups in total. The number of ketones is 1. The normalized spacial score (nSPS) is 11.1. The number of rotatable bonds is 13. The Morgan fingerprint density at radius 1 is 0.722 bits per heavy atom. The van der Waals surface area contributed by atoms with Crippen LogP contribution in [0.4, 0.5) is 0 Å². The highest BCUT2D eigenvalue weighted by Gasteiger charge is 2.12. The van der Waals surface area contributed by atoms with Crippen molar-refractivity contribution in [3.63, 3.8) is 0 Å². The largest absolute Gasteiger partial charge is 0.300 e. The summed E-state index contributed by atoms with van der Waals surface area (Å²) in [7, 11) is 0. The molecule has 0 aliphatic heterocycles. The highest BCUT2D eigenvalue weighted by atomic mass is 16.1. The number of carbonyl (C=O) groups excluding carboxylic acids is 1. The maximum absolute atomic E-state index is 11.6. The SMILES string of the molecule is CCCCCCCC(CCCCCCC)C(C)=O. The van der Waals surface area contributed by atoms with Gasteiger partial charge in [-0.05, 0) is 19.8 Å². The van der Waals surface area contributed by atoms with Crippen molar-refractivity contribution in [3.05, 3.63) is 0 Å². The molecule has 0 bridgehead atoms. The van der Waals surface area contributed by atoms with Gasteiger partial charge in [0.2, 0.25) is 0 Å². The smallest absolute Gasteiger partial charge is 0.132 e. The molecule has 0 rings (SSSR count). The fourth-order valence-electron chi connectivity index (χ4n) is 2.54. The molecule has 18 heavy (non-hydrogen) atoms. The van der Waals surface area contributed by atoms with Crippen molar-refractivity contribution in [1.29, 1.82) is 0 Å². The highest BCUT2D eigenvalue weighted by Crippen LogP contribution is 2.19. The molecule has 1 nitrogen and oxygen atoms in total. The van der Waals surface area contributed by atoms with E-state index in [4.69, 9.17) is 0 Å². The van der Waals surface area contributed by atoms with Gasteiger partial charge in [0.1, 0.15) is 5.78 Å². The van der Waals surface area contributed by atoms with Crippen LogP contribution in [-0.2, 0) is 4.79 Å². The molecular formula is C17H34O. The minimum absolute atomic E-state index is 0.355.